The van der Waals surface area contributed by atoms with E-state index in [1.807, 2.05) is 24.3 Å². The summed E-state index contributed by atoms with van der Waals surface area (Å²) < 4.78 is 21.2. The Morgan fingerprint density at radius 2 is 1.41 bits per heavy atom. The van der Waals surface area contributed by atoms with Crippen molar-refractivity contribution in [3.63, 3.8) is 0 Å². The number of fused-ring (bicyclic) bond motifs is 3. The first-order valence-electron chi connectivity index (χ1n) is 13.1. The minimum absolute atomic E-state index is 0.225. The van der Waals surface area contributed by atoms with Crippen molar-refractivity contribution in [1.82, 2.24) is 19.9 Å². The third-order valence-corrected chi connectivity index (χ3v) is 8.83. The Kier molecular flexibility index (Phi) is 10.5. The molecule has 5 heterocycles. The number of esters is 2. The van der Waals surface area contributed by atoms with E-state index < -0.39 is 0 Å². The van der Waals surface area contributed by atoms with Gasteiger partial charge in [-0.05, 0) is 29.8 Å². The summed E-state index contributed by atoms with van der Waals surface area (Å²) in [5, 5.41) is 5.29. The predicted molar refractivity (Wildman–Crippen MR) is 170 cm³/mol. The van der Waals surface area contributed by atoms with Crippen molar-refractivity contribution in [2.24, 2.45) is 0 Å². The number of aryl methyl sites for hydroxylation is 2. The van der Waals surface area contributed by atoms with E-state index in [0.29, 0.717) is 50.7 Å². The summed E-state index contributed by atoms with van der Waals surface area (Å²) in [6.45, 7) is 0.794. The summed E-state index contributed by atoms with van der Waals surface area (Å²) in [5.41, 5.74) is 1.03. The van der Waals surface area contributed by atoms with E-state index in [2.05, 4.69) is 34.7 Å². The van der Waals surface area contributed by atoms with Gasteiger partial charge < -0.3 is 24.3 Å². The quantitative estimate of drug-likeness (QED) is 0.127. The summed E-state index contributed by atoms with van der Waals surface area (Å²) in [5.74, 6) is 2.66. The van der Waals surface area contributed by atoms with Crippen molar-refractivity contribution >= 4 is 95.7 Å². The molecule has 0 radical (unpaired) electrons. The minimum Gasteiger partial charge on any atom is -0.469 e. The van der Waals surface area contributed by atoms with Crippen molar-refractivity contribution in [2.45, 2.75) is 32.2 Å². The number of benzene rings is 1. The van der Waals surface area contributed by atoms with Gasteiger partial charge >= 0.3 is 11.9 Å². The molecule has 0 aliphatic carbocycles. The van der Waals surface area contributed by atoms with Crippen molar-refractivity contribution < 1.29 is 28.5 Å². The molecular formula is C28H24Cl3N5O6S2. The molecule has 11 nitrogen and oxygen atoms in total. The molecule has 4 aromatic heterocycles. The molecule has 0 bridgehead atoms. The van der Waals surface area contributed by atoms with Gasteiger partial charge in [0.25, 0.3) is 0 Å². The molecule has 16 heteroatoms. The molecule has 0 atom stereocenters. The molecule has 0 saturated carbocycles. The number of methoxy groups -OCH3 is 2. The van der Waals surface area contributed by atoms with E-state index in [0.717, 1.165) is 37.5 Å². The zero-order valence-corrected chi connectivity index (χ0v) is 27.2. The Hall–Kier alpha value is -3.49. The van der Waals surface area contributed by atoms with Crippen LogP contribution >= 0.6 is 57.5 Å². The van der Waals surface area contributed by atoms with Crippen LogP contribution in [0.1, 0.15) is 30.1 Å². The smallest absolute Gasteiger partial charge is 0.305 e. The van der Waals surface area contributed by atoms with Gasteiger partial charge in [-0.1, -0.05) is 40.9 Å². The van der Waals surface area contributed by atoms with Crippen molar-refractivity contribution in [3.8, 4) is 11.5 Å². The largest absolute Gasteiger partial charge is 0.469 e. The molecule has 1 N–H and O–H groups in total. The number of nitrogens with one attached hydrogen (secondary N) is 1. The number of hydrogen-bond donors (Lipinski definition) is 1. The Morgan fingerprint density at radius 3 is 2.07 bits per heavy atom. The van der Waals surface area contributed by atoms with Crippen LogP contribution in [0, 0.1) is 0 Å². The third kappa shape index (κ3) is 7.96. The highest BCUT2D eigenvalue weighted by Crippen LogP contribution is 2.35. The van der Waals surface area contributed by atoms with E-state index >= 15 is 0 Å². The minimum atomic E-state index is -0.297. The topological polar surface area (TPSA) is 135 Å². The summed E-state index contributed by atoms with van der Waals surface area (Å²) in [7, 11) is 2.71. The van der Waals surface area contributed by atoms with Gasteiger partial charge in [0.15, 0.2) is 11.5 Å². The number of halogens is 3. The average molecular weight is 697 g/mol. The fourth-order valence-electron chi connectivity index (χ4n) is 4.06. The predicted octanol–water partition coefficient (Wildman–Crippen LogP) is 6.89. The Bertz CT molecular complexity index is 1830. The standard InChI is InChI=1S/C18H16ClN3O4S.C10H8Cl2N2O2S/c1-24-16(23)5-4-15-21-17(11-7-14(19)27-18(11)22-15)20-8-10-2-3-12-13(6-10)26-9-25-12;1-16-8(15)3-2-7-13-9(12)5-4-6(11)17-10(5)14-7/h2-3,6-7H,4-5,8-9H2,1H3,(H,20,21,22);4H,2-3H2,1H3. The number of hydrogen-bond acceptors (Lipinski definition) is 13. The van der Waals surface area contributed by atoms with E-state index in [1.165, 1.54) is 36.9 Å². The van der Waals surface area contributed by atoms with Gasteiger partial charge in [0, 0.05) is 19.4 Å². The normalized spacial score (nSPS) is 11.8. The second kappa shape index (κ2) is 14.5. The second-order valence-electron chi connectivity index (χ2n) is 9.15. The number of thiophene rings is 2. The lowest BCUT2D eigenvalue weighted by Gasteiger charge is -2.09. The molecule has 44 heavy (non-hydrogen) atoms. The summed E-state index contributed by atoms with van der Waals surface area (Å²) >= 11 is 20.8. The fraction of sp³-hybridized carbons (Fsp3) is 0.286. The van der Waals surface area contributed by atoms with Gasteiger partial charge in [-0.2, -0.15) is 0 Å². The molecule has 0 saturated heterocycles. The first kappa shape index (κ1) is 31.9. The number of carbonyl (C=O) groups is 2. The van der Waals surface area contributed by atoms with Crippen LogP contribution in [0.2, 0.25) is 13.8 Å². The Balaban J connectivity index is 0.000000195. The van der Waals surface area contributed by atoms with E-state index in [9.17, 15) is 9.59 Å². The number of nitrogens with zero attached hydrogens (tertiary/aromatic N) is 4. The lowest BCUT2D eigenvalue weighted by molar-refractivity contribution is -0.141. The lowest BCUT2D eigenvalue weighted by Crippen LogP contribution is -2.07. The number of ether oxygens (including phenoxy) is 4. The highest BCUT2D eigenvalue weighted by Gasteiger charge is 2.16. The Morgan fingerprint density at radius 1 is 0.818 bits per heavy atom. The summed E-state index contributed by atoms with van der Waals surface area (Å²) in [6.07, 6.45) is 1.26. The maximum absolute atomic E-state index is 11.4. The molecule has 0 fully saturated rings. The molecule has 230 valence electrons. The van der Waals surface area contributed by atoms with Crippen LogP contribution in [0.4, 0.5) is 5.82 Å². The van der Waals surface area contributed by atoms with Crippen LogP contribution < -0.4 is 14.8 Å². The maximum Gasteiger partial charge on any atom is 0.305 e. The number of anilines is 1. The van der Waals surface area contributed by atoms with Crippen molar-refractivity contribution in [2.75, 3.05) is 26.3 Å². The third-order valence-electron chi connectivity index (χ3n) is 6.23. The molecule has 5 aromatic rings. The fourth-order valence-corrected chi connectivity index (χ4v) is 6.57. The maximum atomic E-state index is 11.4. The van der Waals surface area contributed by atoms with Crippen molar-refractivity contribution in [1.29, 1.82) is 0 Å². The van der Waals surface area contributed by atoms with Gasteiger partial charge in [0.2, 0.25) is 6.79 Å². The molecule has 0 amide bonds. The van der Waals surface area contributed by atoms with Gasteiger partial charge in [-0.3, -0.25) is 9.59 Å². The van der Waals surface area contributed by atoms with Gasteiger partial charge in [-0.25, -0.2) is 19.9 Å². The first-order chi connectivity index (χ1) is 21.2. The van der Waals surface area contributed by atoms with E-state index in [-0.39, 0.29) is 31.6 Å². The van der Waals surface area contributed by atoms with Crippen molar-refractivity contribution in [3.05, 3.63) is 61.4 Å². The van der Waals surface area contributed by atoms with Crippen LogP contribution in [0.15, 0.2) is 30.3 Å². The molecular weight excluding hydrogens is 673 g/mol. The molecule has 1 aromatic carbocycles. The van der Waals surface area contributed by atoms with Crippen LogP contribution in [0.3, 0.4) is 0 Å². The van der Waals surface area contributed by atoms with E-state index in [1.54, 1.807) is 6.07 Å². The number of rotatable bonds is 9. The SMILES string of the molecule is COC(=O)CCc1nc(Cl)c2cc(Cl)sc2n1.COC(=O)CCc1nc(NCc2ccc3c(c2)OCO3)c2cc(Cl)sc2n1. The summed E-state index contributed by atoms with van der Waals surface area (Å²) in [4.78, 5) is 41.4. The molecule has 1 aliphatic heterocycles. The number of carbonyl (C=O) groups excluding carboxylic acids is 2. The van der Waals surface area contributed by atoms with E-state index in [4.69, 9.17) is 44.3 Å². The van der Waals surface area contributed by atoms with Gasteiger partial charge in [0.05, 0.1) is 46.5 Å². The van der Waals surface area contributed by atoms with Gasteiger partial charge in [-0.15, -0.1) is 22.7 Å². The zero-order valence-electron chi connectivity index (χ0n) is 23.3. The average Bonchev–Trinajstić information content (AvgIpc) is 3.74. The lowest BCUT2D eigenvalue weighted by atomic mass is 10.2. The molecule has 6 rings (SSSR count). The highest BCUT2D eigenvalue weighted by molar-refractivity contribution is 7.22. The summed E-state index contributed by atoms with van der Waals surface area (Å²) in [6, 6.07) is 9.36. The molecule has 0 spiro atoms. The second-order valence-corrected chi connectivity index (χ2v) is 12.8. The number of aromatic nitrogens is 4. The monoisotopic (exact) mass is 695 g/mol. The van der Waals surface area contributed by atoms with Crippen LogP contribution in [0.25, 0.3) is 20.4 Å². The van der Waals surface area contributed by atoms with Gasteiger partial charge in [0.1, 0.15) is 32.3 Å². The van der Waals surface area contributed by atoms with Crippen LogP contribution in [-0.4, -0.2) is 52.9 Å². The van der Waals surface area contributed by atoms with Crippen LogP contribution in [-0.2, 0) is 38.4 Å². The Labute approximate surface area is 274 Å². The zero-order chi connectivity index (χ0) is 31.2. The van der Waals surface area contributed by atoms with Crippen LogP contribution in [0.5, 0.6) is 11.5 Å². The molecule has 1 aliphatic rings. The first-order valence-corrected chi connectivity index (χ1v) is 15.8. The molecule has 0 unspecified atom stereocenters. The highest BCUT2D eigenvalue weighted by atomic mass is 35.5.